The first-order chi connectivity index (χ1) is 14.6. The van der Waals surface area contributed by atoms with E-state index in [4.69, 9.17) is 0 Å². The fourth-order valence-electron chi connectivity index (χ4n) is 3.97. The molecule has 0 unspecified atom stereocenters. The lowest BCUT2D eigenvalue weighted by Crippen LogP contribution is -2.25. The van der Waals surface area contributed by atoms with Crippen LogP contribution in [0.2, 0.25) is 0 Å². The van der Waals surface area contributed by atoms with Crippen molar-refractivity contribution in [2.45, 2.75) is 38.8 Å². The van der Waals surface area contributed by atoms with Crippen LogP contribution in [-0.4, -0.2) is 32.3 Å². The number of fused-ring (bicyclic) bond motifs is 1. The molecule has 1 aliphatic rings. The largest absolute Gasteiger partial charge is 0.376 e. The normalized spacial score (nSPS) is 15.1. The van der Waals surface area contributed by atoms with Crippen molar-refractivity contribution in [3.63, 3.8) is 0 Å². The molecule has 0 aliphatic carbocycles. The molecule has 0 spiro atoms. The van der Waals surface area contributed by atoms with Gasteiger partial charge in [-0.2, -0.15) is 0 Å². The fraction of sp³-hybridized carbons (Fsp3) is 0.364. The van der Waals surface area contributed by atoms with Crippen LogP contribution in [0.4, 0.5) is 11.5 Å². The molecule has 8 heteroatoms. The lowest BCUT2D eigenvalue weighted by molar-refractivity contribution is -0.385. The maximum Gasteiger partial charge on any atom is 0.376 e. The Hall–Kier alpha value is -3.26. The number of nitro groups is 1. The SMILES string of the molecule is O=c1c([N+](=O)[O-])c(NCc2ccccc2CN2CCCCCC2)nc2ccccn12. The van der Waals surface area contributed by atoms with E-state index in [1.807, 2.05) is 18.2 Å². The van der Waals surface area contributed by atoms with Crippen molar-refractivity contribution in [2.75, 3.05) is 18.4 Å². The molecule has 1 aromatic carbocycles. The number of rotatable bonds is 6. The van der Waals surface area contributed by atoms with Gasteiger partial charge >= 0.3 is 11.2 Å². The molecular weight excluding hydrogens is 382 g/mol. The van der Waals surface area contributed by atoms with Crippen LogP contribution in [0.15, 0.2) is 53.5 Å². The van der Waals surface area contributed by atoms with Gasteiger partial charge in [0, 0.05) is 19.3 Å². The zero-order valence-electron chi connectivity index (χ0n) is 16.8. The molecule has 0 bridgehead atoms. The quantitative estimate of drug-likeness (QED) is 0.496. The standard InChI is InChI=1S/C22H25N5O3/c28-22-20(27(29)30)21(24-19-11-5-8-14-26(19)22)23-15-17-9-3-4-10-18(17)16-25-12-6-1-2-7-13-25/h3-5,8-11,14,23H,1-2,6-7,12-13,15-16H2. The fourth-order valence-corrected chi connectivity index (χ4v) is 3.97. The summed E-state index contributed by atoms with van der Waals surface area (Å²) in [6.07, 6.45) is 6.49. The van der Waals surface area contributed by atoms with Crippen LogP contribution in [0, 0.1) is 10.1 Å². The predicted molar refractivity (Wildman–Crippen MR) is 116 cm³/mol. The minimum absolute atomic E-state index is 0.000718. The molecule has 2 aromatic heterocycles. The number of anilines is 1. The van der Waals surface area contributed by atoms with Gasteiger partial charge in [-0.25, -0.2) is 4.98 Å². The Morgan fingerprint density at radius 1 is 1.00 bits per heavy atom. The van der Waals surface area contributed by atoms with Gasteiger partial charge in [-0.15, -0.1) is 0 Å². The van der Waals surface area contributed by atoms with Crippen LogP contribution in [0.5, 0.6) is 0 Å². The molecule has 1 N–H and O–H groups in total. The van der Waals surface area contributed by atoms with E-state index < -0.39 is 16.2 Å². The number of hydrogen-bond acceptors (Lipinski definition) is 6. The number of nitrogens with zero attached hydrogens (tertiary/aromatic N) is 4. The minimum atomic E-state index is -0.689. The van der Waals surface area contributed by atoms with Gasteiger partial charge in [0.15, 0.2) is 0 Å². The Morgan fingerprint density at radius 2 is 1.70 bits per heavy atom. The highest BCUT2D eigenvalue weighted by atomic mass is 16.6. The van der Waals surface area contributed by atoms with Gasteiger partial charge in [0.2, 0.25) is 5.82 Å². The first-order valence-electron chi connectivity index (χ1n) is 10.3. The number of pyridine rings is 1. The van der Waals surface area contributed by atoms with Crippen molar-refractivity contribution < 1.29 is 4.92 Å². The highest BCUT2D eigenvalue weighted by molar-refractivity contribution is 5.60. The predicted octanol–water partition coefficient (Wildman–Crippen LogP) is 3.59. The summed E-state index contributed by atoms with van der Waals surface area (Å²) in [4.78, 5) is 30.3. The van der Waals surface area contributed by atoms with Crippen molar-refractivity contribution in [3.05, 3.63) is 80.3 Å². The molecular formula is C22H25N5O3. The summed E-state index contributed by atoms with van der Waals surface area (Å²) < 4.78 is 1.19. The van der Waals surface area contributed by atoms with E-state index in [9.17, 15) is 14.9 Å². The third kappa shape index (κ3) is 4.33. The number of benzene rings is 1. The Bertz CT molecular complexity index is 1100. The Labute approximate surface area is 174 Å². The van der Waals surface area contributed by atoms with Crippen LogP contribution >= 0.6 is 0 Å². The zero-order valence-corrected chi connectivity index (χ0v) is 16.8. The minimum Gasteiger partial charge on any atom is -0.360 e. The summed E-state index contributed by atoms with van der Waals surface area (Å²) in [6, 6.07) is 13.1. The molecule has 3 aromatic rings. The van der Waals surface area contributed by atoms with E-state index in [1.54, 1.807) is 18.2 Å². The molecule has 3 heterocycles. The molecule has 1 saturated heterocycles. The highest BCUT2D eigenvalue weighted by Crippen LogP contribution is 2.21. The molecule has 4 rings (SSSR count). The van der Waals surface area contributed by atoms with Crippen molar-refractivity contribution in [1.29, 1.82) is 0 Å². The van der Waals surface area contributed by atoms with E-state index in [2.05, 4.69) is 21.3 Å². The first-order valence-corrected chi connectivity index (χ1v) is 10.3. The van der Waals surface area contributed by atoms with E-state index in [0.29, 0.717) is 12.2 Å². The Kier molecular flexibility index (Phi) is 6.04. The average molecular weight is 407 g/mol. The van der Waals surface area contributed by atoms with Crippen molar-refractivity contribution in [3.8, 4) is 0 Å². The van der Waals surface area contributed by atoms with Crippen LogP contribution < -0.4 is 10.9 Å². The van der Waals surface area contributed by atoms with Gasteiger partial charge in [-0.1, -0.05) is 43.2 Å². The summed E-state index contributed by atoms with van der Waals surface area (Å²) in [5.74, 6) is 0.000718. The first kappa shape index (κ1) is 20.0. The Morgan fingerprint density at radius 3 is 2.43 bits per heavy atom. The van der Waals surface area contributed by atoms with Crippen molar-refractivity contribution >= 4 is 17.2 Å². The van der Waals surface area contributed by atoms with Gasteiger partial charge in [-0.3, -0.25) is 24.2 Å². The maximum atomic E-state index is 12.6. The van der Waals surface area contributed by atoms with Crippen molar-refractivity contribution in [2.24, 2.45) is 0 Å². The summed E-state index contributed by atoms with van der Waals surface area (Å²) in [5, 5.41) is 14.6. The van der Waals surface area contributed by atoms with Crippen LogP contribution in [-0.2, 0) is 13.1 Å². The van der Waals surface area contributed by atoms with Crippen LogP contribution in [0.3, 0.4) is 0 Å². The number of hydrogen-bond donors (Lipinski definition) is 1. The van der Waals surface area contributed by atoms with Gasteiger partial charge in [-0.05, 0) is 49.2 Å². The molecule has 0 radical (unpaired) electrons. The van der Waals surface area contributed by atoms with Gasteiger partial charge in [0.05, 0.1) is 4.92 Å². The number of likely N-dealkylation sites (tertiary alicyclic amines) is 1. The van der Waals surface area contributed by atoms with E-state index in [0.717, 1.165) is 25.2 Å². The molecule has 0 atom stereocenters. The topological polar surface area (TPSA) is 92.8 Å². The summed E-state index contributed by atoms with van der Waals surface area (Å²) in [7, 11) is 0. The summed E-state index contributed by atoms with van der Waals surface area (Å²) in [6.45, 7) is 3.40. The second-order valence-electron chi connectivity index (χ2n) is 7.61. The smallest absolute Gasteiger partial charge is 0.360 e. The molecule has 8 nitrogen and oxygen atoms in total. The van der Waals surface area contributed by atoms with Gasteiger partial charge in [0.25, 0.3) is 0 Å². The molecule has 0 saturated carbocycles. The zero-order chi connectivity index (χ0) is 20.9. The van der Waals surface area contributed by atoms with Gasteiger partial charge < -0.3 is 5.32 Å². The monoisotopic (exact) mass is 407 g/mol. The van der Waals surface area contributed by atoms with Crippen LogP contribution in [0.1, 0.15) is 36.8 Å². The maximum absolute atomic E-state index is 12.6. The van der Waals surface area contributed by atoms with E-state index in [-0.39, 0.29) is 5.82 Å². The van der Waals surface area contributed by atoms with Gasteiger partial charge in [0.1, 0.15) is 5.65 Å². The number of nitrogens with one attached hydrogen (secondary N) is 1. The molecule has 156 valence electrons. The molecule has 1 fully saturated rings. The van der Waals surface area contributed by atoms with E-state index >= 15 is 0 Å². The second-order valence-corrected chi connectivity index (χ2v) is 7.61. The lowest BCUT2D eigenvalue weighted by atomic mass is 10.1. The third-order valence-corrected chi connectivity index (χ3v) is 5.55. The molecule has 0 amide bonds. The molecule has 30 heavy (non-hydrogen) atoms. The third-order valence-electron chi connectivity index (χ3n) is 5.55. The van der Waals surface area contributed by atoms with Crippen molar-refractivity contribution in [1.82, 2.24) is 14.3 Å². The Balaban J connectivity index is 1.59. The van der Waals surface area contributed by atoms with Crippen LogP contribution in [0.25, 0.3) is 5.65 Å². The highest BCUT2D eigenvalue weighted by Gasteiger charge is 2.23. The second kappa shape index (κ2) is 9.04. The molecule has 1 aliphatic heterocycles. The summed E-state index contributed by atoms with van der Waals surface area (Å²) >= 11 is 0. The number of aromatic nitrogens is 2. The average Bonchev–Trinajstić information content (AvgIpc) is 3.01. The summed E-state index contributed by atoms with van der Waals surface area (Å²) in [5.41, 5.74) is 1.38. The lowest BCUT2D eigenvalue weighted by Gasteiger charge is -2.21. The van der Waals surface area contributed by atoms with E-state index in [1.165, 1.54) is 41.8 Å².